The Bertz CT molecular complexity index is 380. The highest BCUT2D eigenvalue weighted by Crippen LogP contribution is 2.29. The molecule has 0 amide bonds. The number of hydroxylamine groups is 2. The van der Waals surface area contributed by atoms with Gasteiger partial charge in [-0.1, -0.05) is 35.0 Å². The minimum absolute atomic E-state index is 0.0948. The average molecular weight is 313 g/mol. The van der Waals surface area contributed by atoms with Gasteiger partial charge in [0, 0.05) is 17.1 Å². The highest BCUT2D eigenvalue weighted by atomic mass is 79.9. The maximum Gasteiger partial charge on any atom is 0.0753 e. The number of nitrogens with zero attached hydrogens (tertiary/aromatic N) is 1. The molecule has 1 heterocycles. The maximum atomic E-state index is 6.29. The van der Waals surface area contributed by atoms with Gasteiger partial charge in [-0.15, -0.1) is 0 Å². The Morgan fingerprint density at radius 3 is 2.89 bits per heavy atom. The van der Waals surface area contributed by atoms with Crippen molar-refractivity contribution < 1.29 is 4.84 Å². The number of halogens is 1. The van der Waals surface area contributed by atoms with E-state index in [4.69, 9.17) is 10.6 Å². The fourth-order valence-corrected chi connectivity index (χ4v) is 2.79. The Labute approximate surface area is 117 Å². The molecule has 1 saturated heterocycles. The number of benzene rings is 1. The Kier molecular flexibility index (Phi) is 5.18. The molecule has 0 radical (unpaired) electrons. The van der Waals surface area contributed by atoms with E-state index < -0.39 is 0 Å². The first-order valence-corrected chi connectivity index (χ1v) is 7.42. The number of nitrogens with two attached hydrogens (primary N) is 1. The Morgan fingerprint density at radius 2 is 2.28 bits per heavy atom. The summed E-state index contributed by atoms with van der Waals surface area (Å²) in [6.07, 6.45) is 3.26. The van der Waals surface area contributed by atoms with Gasteiger partial charge in [0.2, 0.25) is 0 Å². The number of hydrogen-bond donors (Lipinski definition) is 1. The molecular formula is C14H21BrN2O. The Balaban J connectivity index is 2.23. The summed E-state index contributed by atoms with van der Waals surface area (Å²) >= 11 is 3.53. The zero-order valence-corrected chi connectivity index (χ0v) is 12.4. The number of rotatable bonds is 4. The van der Waals surface area contributed by atoms with Crippen LogP contribution >= 0.6 is 15.9 Å². The maximum absolute atomic E-state index is 6.29. The van der Waals surface area contributed by atoms with Gasteiger partial charge in [-0.05, 0) is 37.0 Å². The second-order valence-electron chi connectivity index (χ2n) is 4.75. The van der Waals surface area contributed by atoms with E-state index in [0.29, 0.717) is 0 Å². The van der Waals surface area contributed by atoms with E-state index in [1.54, 1.807) is 0 Å². The predicted molar refractivity (Wildman–Crippen MR) is 77.0 cm³/mol. The van der Waals surface area contributed by atoms with Crippen molar-refractivity contribution in [3.63, 3.8) is 0 Å². The lowest BCUT2D eigenvalue weighted by atomic mass is 9.97. The van der Waals surface area contributed by atoms with Crippen molar-refractivity contribution in [2.24, 2.45) is 5.73 Å². The fraction of sp³-hybridized carbons (Fsp3) is 0.571. The van der Waals surface area contributed by atoms with Crippen LogP contribution < -0.4 is 5.73 Å². The summed E-state index contributed by atoms with van der Waals surface area (Å²) in [6, 6.07) is 8.60. The van der Waals surface area contributed by atoms with E-state index in [9.17, 15) is 0 Å². The molecule has 0 aromatic heterocycles. The van der Waals surface area contributed by atoms with Crippen molar-refractivity contribution in [1.82, 2.24) is 5.06 Å². The lowest BCUT2D eigenvalue weighted by Gasteiger charge is -2.37. The van der Waals surface area contributed by atoms with Gasteiger partial charge in [0.15, 0.2) is 0 Å². The van der Waals surface area contributed by atoms with Gasteiger partial charge in [-0.25, -0.2) is 0 Å². The van der Waals surface area contributed by atoms with Crippen LogP contribution in [0.15, 0.2) is 28.7 Å². The van der Waals surface area contributed by atoms with Gasteiger partial charge in [-0.3, -0.25) is 4.84 Å². The molecule has 0 aliphatic carbocycles. The summed E-state index contributed by atoms with van der Waals surface area (Å²) in [5.41, 5.74) is 7.52. The molecule has 4 heteroatoms. The first-order valence-electron chi connectivity index (χ1n) is 6.63. The molecule has 1 fully saturated rings. The number of hydrogen-bond acceptors (Lipinski definition) is 3. The van der Waals surface area contributed by atoms with Crippen LogP contribution in [-0.2, 0) is 4.84 Å². The summed E-state index contributed by atoms with van der Waals surface area (Å²) in [5, 5.41) is 2.07. The molecule has 0 bridgehead atoms. The van der Waals surface area contributed by atoms with E-state index in [-0.39, 0.29) is 12.1 Å². The summed E-state index contributed by atoms with van der Waals surface area (Å²) in [4.78, 5) is 5.80. The van der Waals surface area contributed by atoms with Gasteiger partial charge in [0.05, 0.1) is 12.6 Å². The zero-order valence-electron chi connectivity index (χ0n) is 10.8. The molecule has 1 aromatic rings. The molecule has 2 atom stereocenters. The van der Waals surface area contributed by atoms with Crippen LogP contribution in [0.25, 0.3) is 0 Å². The molecule has 2 rings (SSSR count). The van der Waals surface area contributed by atoms with Crippen LogP contribution in [0, 0.1) is 0 Å². The van der Waals surface area contributed by atoms with E-state index in [1.807, 2.05) is 6.07 Å². The van der Waals surface area contributed by atoms with E-state index in [2.05, 4.69) is 46.1 Å². The van der Waals surface area contributed by atoms with Crippen molar-refractivity contribution in [2.45, 2.75) is 38.3 Å². The smallest absolute Gasteiger partial charge is 0.0753 e. The monoisotopic (exact) mass is 312 g/mol. The molecule has 1 aliphatic heterocycles. The summed E-state index contributed by atoms with van der Waals surface area (Å²) in [7, 11) is 0. The summed E-state index contributed by atoms with van der Waals surface area (Å²) < 4.78 is 1.09. The van der Waals surface area contributed by atoms with Crippen LogP contribution in [-0.4, -0.2) is 24.3 Å². The second kappa shape index (κ2) is 6.66. The zero-order chi connectivity index (χ0) is 13.0. The second-order valence-corrected chi connectivity index (χ2v) is 5.67. The van der Waals surface area contributed by atoms with Crippen molar-refractivity contribution in [3.8, 4) is 0 Å². The molecule has 1 aliphatic rings. The molecule has 100 valence electrons. The van der Waals surface area contributed by atoms with Crippen LogP contribution in [0.4, 0.5) is 0 Å². The van der Waals surface area contributed by atoms with Gasteiger partial charge >= 0.3 is 0 Å². The van der Waals surface area contributed by atoms with Gasteiger partial charge in [0.25, 0.3) is 0 Å². The standard InChI is InChI=1S/C14H21BrN2O/c1-2-13(16)14(17-8-3-4-9-18-17)11-6-5-7-12(15)10-11/h5-7,10,13-14H,2-4,8-9,16H2,1H3. The van der Waals surface area contributed by atoms with E-state index in [0.717, 1.165) is 30.5 Å². The third-order valence-corrected chi connectivity index (χ3v) is 3.90. The fourth-order valence-electron chi connectivity index (χ4n) is 2.38. The normalized spacial score (nSPS) is 20.6. The Hall–Kier alpha value is -0.420. The quantitative estimate of drug-likeness (QED) is 0.927. The van der Waals surface area contributed by atoms with E-state index >= 15 is 0 Å². The van der Waals surface area contributed by atoms with Crippen molar-refractivity contribution in [3.05, 3.63) is 34.3 Å². The van der Waals surface area contributed by atoms with Crippen molar-refractivity contribution in [1.29, 1.82) is 0 Å². The molecule has 0 saturated carbocycles. The summed E-state index contributed by atoms with van der Waals surface area (Å²) in [6.45, 7) is 3.89. The minimum atomic E-state index is 0.0948. The van der Waals surface area contributed by atoms with Gasteiger partial charge in [0.1, 0.15) is 0 Å². The molecule has 2 N–H and O–H groups in total. The predicted octanol–water partition coefficient (Wildman–Crippen LogP) is 3.25. The SMILES string of the molecule is CCC(N)C(c1cccc(Br)c1)N1CCCCO1. The summed E-state index contributed by atoms with van der Waals surface area (Å²) in [5.74, 6) is 0. The third-order valence-electron chi connectivity index (χ3n) is 3.41. The van der Waals surface area contributed by atoms with Crippen LogP contribution in [0.2, 0.25) is 0 Å². The van der Waals surface area contributed by atoms with Crippen molar-refractivity contribution >= 4 is 15.9 Å². The minimum Gasteiger partial charge on any atom is -0.326 e. The van der Waals surface area contributed by atoms with Gasteiger partial charge < -0.3 is 5.73 Å². The van der Waals surface area contributed by atoms with Crippen LogP contribution in [0.5, 0.6) is 0 Å². The third kappa shape index (κ3) is 3.32. The first kappa shape index (κ1) is 14.0. The first-order chi connectivity index (χ1) is 8.72. The lowest BCUT2D eigenvalue weighted by molar-refractivity contribution is -0.212. The molecule has 3 nitrogen and oxygen atoms in total. The Morgan fingerprint density at radius 1 is 1.44 bits per heavy atom. The lowest BCUT2D eigenvalue weighted by Crippen LogP contribution is -2.43. The molecule has 2 unspecified atom stereocenters. The molecule has 18 heavy (non-hydrogen) atoms. The molecule has 1 aromatic carbocycles. The highest BCUT2D eigenvalue weighted by molar-refractivity contribution is 9.10. The van der Waals surface area contributed by atoms with E-state index in [1.165, 1.54) is 12.0 Å². The van der Waals surface area contributed by atoms with Crippen LogP contribution in [0.1, 0.15) is 37.8 Å². The topological polar surface area (TPSA) is 38.5 Å². The largest absolute Gasteiger partial charge is 0.326 e. The average Bonchev–Trinajstić information content (AvgIpc) is 2.40. The molecular weight excluding hydrogens is 292 g/mol. The van der Waals surface area contributed by atoms with Crippen LogP contribution in [0.3, 0.4) is 0 Å². The molecule has 0 spiro atoms. The highest BCUT2D eigenvalue weighted by Gasteiger charge is 2.28. The van der Waals surface area contributed by atoms with Crippen molar-refractivity contribution in [2.75, 3.05) is 13.2 Å². The van der Waals surface area contributed by atoms with Gasteiger partial charge in [-0.2, -0.15) is 5.06 Å².